The van der Waals surface area contributed by atoms with E-state index in [0.717, 1.165) is 23.2 Å². The molecule has 1 heterocycles. The number of nitrogens with one attached hydrogen (secondary N) is 2. The molecule has 37 heavy (non-hydrogen) atoms. The molecule has 0 spiro atoms. The number of aromatic nitrogens is 2. The number of anilines is 1. The van der Waals surface area contributed by atoms with Crippen molar-refractivity contribution in [2.75, 3.05) is 5.32 Å². The van der Waals surface area contributed by atoms with E-state index in [4.69, 9.17) is 5.73 Å². The van der Waals surface area contributed by atoms with Crippen LogP contribution in [0.4, 0.5) is 5.69 Å². The van der Waals surface area contributed by atoms with Gasteiger partial charge in [0.1, 0.15) is 6.04 Å². The lowest BCUT2D eigenvalue weighted by atomic mass is 9.85. The first-order chi connectivity index (χ1) is 17.8. The van der Waals surface area contributed by atoms with Crippen molar-refractivity contribution in [3.05, 3.63) is 77.1 Å². The molecule has 1 aromatic heterocycles. The van der Waals surface area contributed by atoms with Crippen LogP contribution in [0.25, 0.3) is 5.69 Å². The van der Waals surface area contributed by atoms with Crippen LogP contribution in [-0.2, 0) is 4.79 Å². The minimum absolute atomic E-state index is 0.331. The van der Waals surface area contributed by atoms with Crippen LogP contribution >= 0.6 is 0 Å². The van der Waals surface area contributed by atoms with Gasteiger partial charge in [-0.3, -0.25) is 14.4 Å². The van der Waals surface area contributed by atoms with Crippen molar-refractivity contribution in [2.24, 2.45) is 11.7 Å². The molecule has 3 amide bonds. The van der Waals surface area contributed by atoms with E-state index in [1.54, 1.807) is 29.1 Å². The number of amides is 3. The summed E-state index contributed by atoms with van der Waals surface area (Å²) in [4.78, 5) is 38.0. The average Bonchev–Trinajstić information content (AvgIpc) is 3.38. The molecule has 2 aromatic carbocycles. The molecule has 1 saturated carbocycles. The Morgan fingerprint density at radius 3 is 2.49 bits per heavy atom. The summed E-state index contributed by atoms with van der Waals surface area (Å²) in [6.07, 6.45) is 10.7. The van der Waals surface area contributed by atoms with Gasteiger partial charge in [-0.25, -0.2) is 4.68 Å². The van der Waals surface area contributed by atoms with E-state index >= 15 is 0 Å². The summed E-state index contributed by atoms with van der Waals surface area (Å²) in [5, 5.41) is 10.00. The number of aryl methyl sites for hydroxylation is 2. The van der Waals surface area contributed by atoms with E-state index in [9.17, 15) is 14.4 Å². The Morgan fingerprint density at radius 2 is 1.76 bits per heavy atom. The second-order valence-corrected chi connectivity index (χ2v) is 9.95. The van der Waals surface area contributed by atoms with Gasteiger partial charge in [-0.1, -0.05) is 56.4 Å². The maximum Gasteiger partial charge on any atom is 0.258 e. The van der Waals surface area contributed by atoms with Gasteiger partial charge in [-0.2, -0.15) is 5.10 Å². The SMILES string of the molecule is Cc1ccc(C(=O)N[C@@H](CCC2CCCCC2)C(N)=O)cc1NC(=O)c1cnn(-c2ccccc2C)c1. The number of hydrogen-bond donors (Lipinski definition) is 3. The quantitative estimate of drug-likeness (QED) is 0.394. The monoisotopic (exact) mass is 501 g/mol. The predicted octanol–water partition coefficient (Wildman–Crippen LogP) is 4.69. The van der Waals surface area contributed by atoms with Gasteiger partial charge in [0, 0.05) is 17.4 Å². The highest BCUT2D eigenvalue weighted by atomic mass is 16.2. The summed E-state index contributed by atoms with van der Waals surface area (Å²) in [5.41, 5.74) is 9.60. The number of rotatable bonds is 9. The first-order valence-corrected chi connectivity index (χ1v) is 12.9. The van der Waals surface area contributed by atoms with Gasteiger partial charge in [0.2, 0.25) is 5.91 Å². The number of para-hydroxylation sites is 1. The number of primary amides is 1. The predicted molar refractivity (Wildman–Crippen MR) is 144 cm³/mol. The maximum absolute atomic E-state index is 13.0. The topological polar surface area (TPSA) is 119 Å². The molecule has 4 rings (SSSR count). The molecule has 0 aliphatic heterocycles. The zero-order chi connectivity index (χ0) is 26.4. The van der Waals surface area contributed by atoms with Crippen LogP contribution in [0.15, 0.2) is 54.9 Å². The molecule has 3 aromatic rings. The fourth-order valence-electron chi connectivity index (χ4n) is 4.89. The molecule has 8 heteroatoms. The van der Waals surface area contributed by atoms with E-state index in [1.165, 1.54) is 38.3 Å². The van der Waals surface area contributed by atoms with Gasteiger partial charge >= 0.3 is 0 Å². The Balaban J connectivity index is 1.42. The number of benzene rings is 2. The van der Waals surface area contributed by atoms with Crippen molar-refractivity contribution < 1.29 is 14.4 Å². The summed E-state index contributed by atoms with van der Waals surface area (Å²) in [6, 6.07) is 12.1. The van der Waals surface area contributed by atoms with Crippen molar-refractivity contribution >= 4 is 23.4 Å². The Labute approximate surface area is 217 Å². The third kappa shape index (κ3) is 6.64. The molecular formula is C29H35N5O3. The summed E-state index contributed by atoms with van der Waals surface area (Å²) in [5.74, 6) is -0.669. The van der Waals surface area contributed by atoms with Crippen molar-refractivity contribution in [1.82, 2.24) is 15.1 Å². The molecule has 194 valence electrons. The molecule has 0 bridgehead atoms. The smallest absolute Gasteiger partial charge is 0.258 e. The Hall–Kier alpha value is -3.94. The first-order valence-electron chi connectivity index (χ1n) is 12.9. The highest BCUT2D eigenvalue weighted by molar-refractivity contribution is 6.05. The van der Waals surface area contributed by atoms with Crippen LogP contribution < -0.4 is 16.4 Å². The van der Waals surface area contributed by atoms with Crippen molar-refractivity contribution in [3.63, 3.8) is 0 Å². The van der Waals surface area contributed by atoms with E-state index < -0.39 is 17.9 Å². The van der Waals surface area contributed by atoms with Crippen LogP contribution in [0.2, 0.25) is 0 Å². The number of hydrogen-bond acceptors (Lipinski definition) is 4. The molecule has 4 N–H and O–H groups in total. The van der Waals surface area contributed by atoms with Crippen molar-refractivity contribution in [3.8, 4) is 5.69 Å². The third-order valence-corrected chi connectivity index (χ3v) is 7.19. The highest BCUT2D eigenvalue weighted by Crippen LogP contribution is 2.28. The zero-order valence-electron chi connectivity index (χ0n) is 21.5. The largest absolute Gasteiger partial charge is 0.368 e. The van der Waals surface area contributed by atoms with E-state index in [0.29, 0.717) is 29.2 Å². The zero-order valence-corrected chi connectivity index (χ0v) is 21.5. The summed E-state index contributed by atoms with van der Waals surface area (Å²) in [7, 11) is 0. The number of nitrogens with zero attached hydrogens (tertiary/aromatic N) is 2. The molecular weight excluding hydrogens is 466 g/mol. The Kier molecular flexibility index (Phi) is 8.38. The number of nitrogens with two attached hydrogens (primary N) is 1. The molecule has 1 fully saturated rings. The second-order valence-electron chi connectivity index (χ2n) is 9.95. The average molecular weight is 502 g/mol. The highest BCUT2D eigenvalue weighted by Gasteiger charge is 2.22. The molecule has 0 radical (unpaired) electrons. The molecule has 1 atom stereocenters. The summed E-state index contributed by atoms with van der Waals surface area (Å²) in [6.45, 7) is 3.83. The number of carbonyl (C=O) groups excluding carboxylic acids is 3. The molecule has 8 nitrogen and oxygen atoms in total. The third-order valence-electron chi connectivity index (χ3n) is 7.19. The van der Waals surface area contributed by atoms with Crippen LogP contribution in [0.1, 0.15) is 76.8 Å². The lowest BCUT2D eigenvalue weighted by Crippen LogP contribution is -2.44. The second kappa shape index (κ2) is 11.9. The Bertz CT molecular complexity index is 1280. The summed E-state index contributed by atoms with van der Waals surface area (Å²) < 4.78 is 1.66. The van der Waals surface area contributed by atoms with Crippen LogP contribution in [0, 0.1) is 19.8 Å². The molecule has 0 unspecified atom stereocenters. The summed E-state index contributed by atoms with van der Waals surface area (Å²) >= 11 is 0. The van der Waals surface area contributed by atoms with Crippen LogP contribution in [0.5, 0.6) is 0 Å². The van der Waals surface area contributed by atoms with Crippen molar-refractivity contribution in [1.29, 1.82) is 0 Å². The maximum atomic E-state index is 13.0. The number of carbonyl (C=O) groups is 3. The van der Waals surface area contributed by atoms with Crippen molar-refractivity contribution in [2.45, 2.75) is 64.8 Å². The normalized spacial score (nSPS) is 14.6. The van der Waals surface area contributed by atoms with E-state index in [2.05, 4.69) is 15.7 Å². The van der Waals surface area contributed by atoms with Gasteiger partial charge in [0.15, 0.2) is 0 Å². The molecule has 1 aliphatic rings. The molecule has 0 saturated heterocycles. The van der Waals surface area contributed by atoms with Gasteiger partial charge in [-0.05, 0) is 61.9 Å². The minimum atomic E-state index is -0.721. The lowest BCUT2D eigenvalue weighted by molar-refractivity contribution is -0.120. The van der Waals surface area contributed by atoms with E-state index in [1.807, 2.05) is 38.1 Å². The standard InChI is InChI=1S/C29H35N5O3/c1-19-12-14-22(28(36)32-24(27(30)35)15-13-21-9-4-3-5-10-21)16-25(19)33-29(37)23-17-31-34(18-23)26-11-7-6-8-20(26)2/h6-8,11-12,14,16-18,21,24H,3-5,9-10,13,15H2,1-2H3,(H2,30,35)(H,32,36)(H,33,37)/t24-/m0/s1. The van der Waals surface area contributed by atoms with Gasteiger partial charge in [-0.15, -0.1) is 0 Å². The fourth-order valence-corrected chi connectivity index (χ4v) is 4.89. The lowest BCUT2D eigenvalue weighted by Gasteiger charge is -2.23. The van der Waals surface area contributed by atoms with Gasteiger partial charge < -0.3 is 16.4 Å². The van der Waals surface area contributed by atoms with Crippen LogP contribution in [-0.4, -0.2) is 33.5 Å². The van der Waals surface area contributed by atoms with E-state index in [-0.39, 0.29) is 5.91 Å². The Morgan fingerprint density at radius 1 is 1.00 bits per heavy atom. The van der Waals surface area contributed by atoms with Gasteiger partial charge in [0.05, 0.1) is 17.4 Å². The fraction of sp³-hybridized carbons (Fsp3) is 0.379. The minimum Gasteiger partial charge on any atom is -0.368 e. The van der Waals surface area contributed by atoms with Crippen LogP contribution in [0.3, 0.4) is 0 Å². The molecule has 1 aliphatic carbocycles. The first kappa shape index (κ1) is 26.1. The van der Waals surface area contributed by atoms with Gasteiger partial charge in [0.25, 0.3) is 11.8 Å².